The zero-order chi connectivity index (χ0) is 13.1. The maximum atomic E-state index is 13.2. The average Bonchev–Trinajstić information content (AvgIpc) is 3.19. The summed E-state index contributed by atoms with van der Waals surface area (Å²) in [5, 5.41) is 27.6. The predicted octanol–water partition coefficient (Wildman–Crippen LogP) is 1.53. The first-order valence-corrected chi connectivity index (χ1v) is 5.80. The molecule has 2 atom stereocenters. The smallest absolute Gasteiger partial charge is 0.170 e. The van der Waals surface area contributed by atoms with Crippen molar-refractivity contribution in [3.8, 4) is 11.8 Å². The summed E-state index contributed by atoms with van der Waals surface area (Å²) < 4.78 is 18.6. The third kappa shape index (κ3) is 2.97. The Morgan fingerprint density at radius 2 is 2.17 bits per heavy atom. The molecule has 0 aromatic heterocycles. The Labute approximate surface area is 104 Å². The summed E-state index contributed by atoms with van der Waals surface area (Å²) in [4.78, 5) is 0. The third-order valence-electron chi connectivity index (χ3n) is 2.89. The van der Waals surface area contributed by atoms with Gasteiger partial charge < -0.3 is 14.9 Å². The van der Waals surface area contributed by atoms with Gasteiger partial charge in [-0.3, -0.25) is 0 Å². The number of ether oxygens (including phenoxy) is 1. The number of nitriles is 1. The quantitative estimate of drug-likeness (QED) is 0.778. The molecule has 1 aliphatic carbocycles. The molecule has 2 N–H and O–H groups in total. The van der Waals surface area contributed by atoms with Crippen LogP contribution in [-0.4, -0.2) is 22.9 Å². The van der Waals surface area contributed by atoms with Gasteiger partial charge in [0.05, 0.1) is 12.7 Å². The highest BCUT2D eigenvalue weighted by atomic mass is 19.1. The Bertz CT molecular complexity index is 468. The number of hydrogen-bond acceptors (Lipinski definition) is 4. The predicted molar refractivity (Wildman–Crippen MR) is 61.2 cm³/mol. The van der Waals surface area contributed by atoms with E-state index in [1.165, 1.54) is 18.2 Å². The summed E-state index contributed by atoms with van der Waals surface area (Å²) in [5.74, 6) is 0.277. The zero-order valence-electron chi connectivity index (χ0n) is 9.71. The second-order valence-corrected chi connectivity index (χ2v) is 4.46. The highest BCUT2D eigenvalue weighted by molar-refractivity contribution is 5.37. The van der Waals surface area contributed by atoms with Gasteiger partial charge in [-0.2, -0.15) is 5.26 Å². The van der Waals surface area contributed by atoms with Crippen molar-refractivity contribution < 1.29 is 19.3 Å². The van der Waals surface area contributed by atoms with Crippen molar-refractivity contribution in [3.05, 3.63) is 29.6 Å². The van der Waals surface area contributed by atoms with E-state index in [1.807, 2.05) is 0 Å². The molecule has 2 rings (SSSR count). The van der Waals surface area contributed by atoms with E-state index in [0.29, 0.717) is 18.3 Å². The van der Waals surface area contributed by atoms with E-state index in [9.17, 15) is 14.6 Å². The highest BCUT2D eigenvalue weighted by Crippen LogP contribution is 2.32. The lowest BCUT2D eigenvalue weighted by atomic mass is 10.0. The molecule has 0 spiro atoms. The lowest BCUT2D eigenvalue weighted by Gasteiger charge is -2.17. The number of aliphatic hydroxyl groups excluding tert-OH is 2. The average molecular weight is 251 g/mol. The van der Waals surface area contributed by atoms with E-state index in [-0.39, 0.29) is 5.56 Å². The highest BCUT2D eigenvalue weighted by Gasteiger charge is 2.25. The molecule has 0 saturated heterocycles. The molecule has 96 valence electrons. The van der Waals surface area contributed by atoms with E-state index in [4.69, 9.17) is 10.00 Å². The van der Waals surface area contributed by atoms with Gasteiger partial charge in [0.1, 0.15) is 17.7 Å². The van der Waals surface area contributed by atoms with Crippen molar-refractivity contribution in [2.75, 3.05) is 6.61 Å². The maximum absolute atomic E-state index is 13.2. The largest absolute Gasteiger partial charge is 0.493 e. The summed E-state index contributed by atoms with van der Waals surface area (Å²) in [7, 11) is 0. The molecule has 1 aromatic carbocycles. The first kappa shape index (κ1) is 12.8. The van der Waals surface area contributed by atoms with E-state index in [0.717, 1.165) is 18.9 Å². The number of aliphatic hydroxyl groups is 2. The normalized spacial score (nSPS) is 17.9. The molecule has 2 unspecified atom stereocenters. The molecule has 1 aliphatic rings. The first-order valence-electron chi connectivity index (χ1n) is 5.80. The van der Waals surface area contributed by atoms with Gasteiger partial charge in [-0.1, -0.05) is 0 Å². The van der Waals surface area contributed by atoms with Gasteiger partial charge in [0.2, 0.25) is 0 Å². The van der Waals surface area contributed by atoms with Crippen LogP contribution in [0, 0.1) is 23.1 Å². The Hall–Kier alpha value is -1.64. The SMILES string of the molecule is N#CC(O)C(O)c1cc(F)ccc1OCC1CC1. The van der Waals surface area contributed by atoms with Gasteiger partial charge in [0.25, 0.3) is 0 Å². The molecule has 18 heavy (non-hydrogen) atoms. The van der Waals surface area contributed by atoms with Crippen LogP contribution in [0.4, 0.5) is 4.39 Å². The van der Waals surface area contributed by atoms with Crippen LogP contribution in [0.5, 0.6) is 5.75 Å². The van der Waals surface area contributed by atoms with Crippen LogP contribution in [-0.2, 0) is 0 Å². The number of hydrogen-bond donors (Lipinski definition) is 2. The van der Waals surface area contributed by atoms with Gasteiger partial charge in [0.15, 0.2) is 6.10 Å². The Kier molecular flexibility index (Phi) is 3.80. The fourth-order valence-electron chi connectivity index (χ4n) is 1.61. The minimum atomic E-state index is -1.60. The molecule has 0 bridgehead atoms. The van der Waals surface area contributed by atoms with E-state index in [1.54, 1.807) is 0 Å². The van der Waals surface area contributed by atoms with Crippen molar-refractivity contribution in [3.63, 3.8) is 0 Å². The summed E-state index contributed by atoms with van der Waals surface area (Å²) >= 11 is 0. The van der Waals surface area contributed by atoms with Gasteiger partial charge in [-0.05, 0) is 37.0 Å². The number of benzene rings is 1. The second kappa shape index (κ2) is 5.34. The maximum Gasteiger partial charge on any atom is 0.170 e. The second-order valence-electron chi connectivity index (χ2n) is 4.46. The summed E-state index contributed by atoms with van der Waals surface area (Å²) in [6.07, 6.45) is -0.852. The van der Waals surface area contributed by atoms with E-state index < -0.39 is 18.0 Å². The standard InChI is InChI=1S/C13H14FNO3/c14-9-3-4-12(18-7-8-1-2-8)10(5-9)13(17)11(16)6-15/h3-5,8,11,13,16-17H,1-2,7H2. The lowest BCUT2D eigenvalue weighted by Crippen LogP contribution is -2.17. The molecule has 0 aliphatic heterocycles. The lowest BCUT2D eigenvalue weighted by molar-refractivity contribution is 0.0502. The van der Waals surface area contributed by atoms with Crippen LogP contribution in [0.15, 0.2) is 18.2 Å². The van der Waals surface area contributed by atoms with Gasteiger partial charge >= 0.3 is 0 Å². The van der Waals surface area contributed by atoms with Crippen LogP contribution in [0.2, 0.25) is 0 Å². The van der Waals surface area contributed by atoms with Crippen molar-refractivity contribution in [1.29, 1.82) is 5.26 Å². The van der Waals surface area contributed by atoms with Crippen molar-refractivity contribution in [1.82, 2.24) is 0 Å². The number of rotatable bonds is 5. The molecule has 4 nitrogen and oxygen atoms in total. The molecule has 0 amide bonds. The fourth-order valence-corrected chi connectivity index (χ4v) is 1.61. The molecule has 1 saturated carbocycles. The van der Waals surface area contributed by atoms with Crippen molar-refractivity contribution in [2.24, 2.45) is 5.92 Å². The summed E-state index contributed by atoms with van der Waals surface area (Å²) in [5.41, 5.74) is 0.102. The summed E-state index contributed by atoms with van der Waals surface area (Å²) in [6.45, 7) is 0.508. The molecular formula is C13H14FNO3. The molecule has 1 aromatic rings. The molecule has 0 heterocycles. The molecule has 0 radical (unpaired) electrons. The Morgan fingerprint density at radius 3 is 2.78 bits per heavy atom. The topological polar surface area (TPSA) is 73.5 Å². The molecule has 1 fully saturated rings. The number of halogens is 1. The summed E-state index contributed by atoms with van der Waals surface area (Å²) in [6, 6.07) is 5.21. The number of nitrogens with zero attached hydrogens (tertiary/aromatic N) is 1. The van der Waals surface area contributed by atoms with Gasteiger partial charge in [0, 0.05) is 5.56 Å². The van der Waals surface area contributed by atoms with E-state index in [2.05, 4.69) is 0 Å². The fraction of sp³-hybridized carbons (Fsp3) is 0.462. The van der Waals surface area contributed by atoms with Crippen molar-refractivity contribution >= 4 is 0 Å². The third-order valence-corrected chi connectivity index (χ3v) is 2.89. The molecule has 5 heteroatoms. The van der Waals surface area contributed by atoms with E-state index >= 15 is 0 Å². The van der Waals surface area contributed by atoms with Crippen LogP contribution in [0.3, 0.4) is 0 Å². The van der Waals surface area contributed by atoms with Crippen LogP contribution < -0.4 is 4.74 Å². The van der Waals surface area contributed by atoms with Gasteiger partial charge in [-0.15, -0.1) is 0 Å². The Balaban J connectivity index is 2.19. The van der Waals surface area contributed by atoms with Crippen LogP contribution in [0.25, 0.3) is 0 Å². The van der Waals surface area contributed by atoms with Crippen LogP contribution >= 0.6 is 0 Å². The van der Waals surface area contributed by atoms with Crippen LogP contribution in [0.1, 0.15) is 24.5 Å². The monoisotopic (exact) mass is 251 g/mol. The minimum absolute atomic E-state index is 0.102. The zero-order valence-corrected chi connectivity index (χ0v) is 9.71. The minimum Gasteiger partial charge on any atom is -0.493 e. The molecular weight excluding hydrogens is 237 g/mol. The Morgan fingerprint density at radius 1 is 1.44 bits per heavy atom. The first-order chi connectivity index (χ1) is 8.61. The van der Waals surface area contributed by atoms with Gasteiger partial charge in [-0.25, -0.2) is 4.39 Å². The van der Waals surface area contributed by atoms with Crippen molar-refractivity contribution in [2.45, 2.75) is 25.0 Å².